The van der Waals surface area contributed by atoms with Crippen LogP contribution < -0.4 is 5.73 Å². The van der Waals surface area contributed by atoms with E-state index in [9.17, 15) is 4.79 Å². The molecule has 0 radical (unpaired) electrons. The lowest BCUT2D eigenvalue weighted by Gasteiger charge is -2.35. The Morgan fingerprint density at radius 1 is 1.43 bits per heavy atom. The number of aromatic nitrogens is 2. The van der Waals surface area contributed by atoms with Crippen LogP contribution in [0.3, 0.4) is 0 Å². The van der Waals surface area contributed by atoms with Crippen molar-refractivity contribution in [3.8, 4) is 11.4 Å². The summed E-state index contributed by atoms with van der Waals surface area (Å²) in [6.07, 6.45) is 4.16. The highest BCUT2D eigenvalue weighted by Gasteiger charge is 2.37. The topological polar surface area (TPSA) is 91.2 Å². The first-order chi connectivity index (χ1) is 11.0. The third-order valence-corrected chi connectivity index (χ3v) is 4.54. The molecule has 1 saturated carbocycles. The van der Waals surface area contributed by atoms with Crippen LogP contribution in [0, 0.1) is 0 Å². The molecule has 1 heterocycles. The van der Waals surface area contributed by atoms with E-state index in [0.29, 0.717) is 17.3 Å². The van der Waals surface area contributed by atoms with Crippen LogP contribution in [0.25, 0.3) is 11.4 Å². The molecule has 2 unspecified atom stereocenters. The predicted octanol–water partition coefficient (Wildman–Crippen LogP) is 2.90. The van der Waals surface area contributed by atoms with Crippen molar-refractivity contribution in [1.29, 1.82) is 0 Å². The number of methoxy groups -OCH3 is 1. The summed E-state index contributed by atoms with van der Waals surface area (Å²) in [6.45, 7) is 2.04. The summed E-state index contributed by atoms with van der Waals surface area (Å²) < 4.78 is 10.2. The fraction of sp³-hybridized carbons (Fsp3) is 0.471. The Bertz CT molecular complexity index is 709. The van der Waals surface area contributed by atoms with Gasteiger partial charge >= 0.3 is 5.97 Å². The summed E-state index contributed by atoms with van der Waals surface area (Å²) in [5, 5.41) is 4.06. The molecular weight excluding hydrogens is 294 g/mol. The zero-order chi connectivity index (χ0) is 16.4. The van der Waals surface area contributed by atoms with Crippen LogP contribution in [0.2, 0.25) is 0 Å². The number of nitrogens with zero attached hydrogens (tertiary/aromatic N) is 2. The second-order valence-corrected chi connectivity index (χ2v) is 6.33. The maximum Gasteiger partial charge on any atom is 0.337 e. The molecule has 2 N–H and O–H groups in total. The van der Waals surface area contributed by atoms with Crippen LogP contribution in [-0.4, -0.2) is 28.8 Å². The minimum absolute atomic E-state index is 0.0706. The van der Waals surface area contributed by atoms with E-state index < -0.39 is 5.97 Å². The van der Waals surface area contributed by atoms with Gasteiger partial charge in [-0.15, -0.1) is 0 Å². The summed E-state index contributed by atoms with van der Waals surface area (Å²) in [7, 11) is 1.35. The van der Waals surface area contributed by atoms with Gasteiger partial charge < -0.3 is 15.0 Å². The molecule has 0 amide bonds. The normalized spacial score (nSPS) is 24.4. The summed E-state index contributed by atoms with van der Waals surface area (Å²) in [4.78, 5) is 16.1. The summed E-state index contributed by atoms with van der Waals surface area (Å²) in [6, 6.07) is 6.99. The molecule has 1 aromatic heterocycles. The van der Waals surface area contributed by atoms with Gasteiger partial charge in [-0.3, -0.25) is 0 Å². The van der Waals surface area contributed by atoms with Crippen molar-refractivity contribution in [3.63, 3.8) is 0 Å². The smallest absolute Gasteiger partial charge is 0.337 e. The minimum Gasteiger partial charge on any atom is -0.465 e. The molecule has 0 saturated heterocycles. The number of benzene rings is 1. The summed E-state index contributed by atoms with van der Waals surface area (Å²) >= 11 is 0. The molecule has 1 fully saturated rings. The fourth-order valence-electron chi connectivity index (χ4n) is 3.16. The third kappa shape index (κ3) is 3.12. The molecule has 2 atom stereocenters. The molecule has 122 valence electrons. The van der Waals surface area contributed by atoms with Crippen LogP contribution >= 0.6 is 0 Å². The van der Waals surface area contributed by atoms with Gasteiger partial charge in [-0.1, -0.05) is 30.1 Å². The number of ether oxygens (including phenoxy) is 1. The van der Waals surface area contributed by atoms with Crippen LogP contribution in [0.1, 0.15) is 54.8 Å². The Morgan fingerprint density at radius 2 is 2.26 bits per heavy atom. The molecule has 2 aromatic rings. The number of esters is 1. The van der Waals surface area contributed by atoms with Gasteiger partial charge in [0, 0.05) is 11.1 Å². The molecule has 0 aliphatic heterocycles. The van der Waals surface area contributed by atoms with E-state index in [1.807, 2.05) is 13.0 Å². The number of hydrogen-bond acceptors (Lipinski definition) is 6. The maximum absolute atomic E-state index is 11.6. The molecule has 6 heteroatoms. The van der Waals surface area contributed by atoms with Crippen molar-refractivity contribution in [1.82, 2.24) is 10.1 Å². The Morgan fingerprint density at radius 3 is 3.00 bits per heavy atom. The van der Waals surface area contributed by atoms with Crippen molar-refractivity contribution in [3.05, 3.63) is 35.7 Å². The SMILES string of the molecule is COC(=O)c1cccc(-c2noc(C3CCCCC3(C)N)n2)c1. The lowest BCUT2D eigenvalue weighted by atomic mass is 9.74. The highest BCUT2D eigenvalue weighted by molar-refractivity contribution is 5.90. The van der Waals surface area contributed by atoms with Crippen LogP contribution in [0.5, 0.6) is 0 Å². The number of hydrogen-bond donors (Lipinski definition) is 1. The molecule has 1 aliphatic rings. The Labute approximate surface area is 135 Å². The maximum atomic E-state index is 11.6. The van der Waals surface area contributed by atoms with Gasteiger partial charge in [0.1, 0.15) is 0 Å². The molecule has 23 heavy (non-hydrogen) atoms. The second-order valence-electron chi connectivity index (χ2n) is 6.33. The van der Waals surface area contributed by atoms with E-state index >= 15 is 0 Å². The third-order valence-electron chi connectivity index (χ3n) is 4.54. The number of nitrogens with two attached hydrogens (primary N) is 1. The lowest BCUT2D eigenvalue weighted by molar-refractivity contribution is 0.0601. The van der Waals surface area contributed by atoms with Crippen molar-refractivity contribution >= 4 is 5.97 Å². The van der Waals surface area contributed by atoms with Gasteiger partial charge in [0.25, 0.3) is 0 Å². The quantitative estimate of drug-likeness (QED) is 0.876. The van der Waals surface area contributed by atoms with Gasteiger partial charge in [0.15, 0.2) is 0 Å². The zero-order valence-corrected chi connectivity index (χ0v) is 13.4. The monoisotopic (exact) mass is 315 g/mol. The molecule has 3 rings (SSSR count). The fourth-order valence-corrected chi connectivity index (χ4v) is 3.16. The largest absolute Gasteiger partial charge is 0.465 e. The molecule has 0 bridgehead atoms. The van der Waals surface area contributed by atoms with E-state index in [-0.39, 0.29) is 11.5 Å². The van der Waals surface area contributed by atoms with E-state index in [1.165, 1.54) is 7.11 Å². The highest BCUT2D eigenvalue weighted by atomic mass is 16.5. The lowest BCUT2D eigenvalue weighted by Crippen LogP contribution is -2.44. The van der Waals surface area contributed by atoms with E-state index in [2.05, 4.69) is 10.1 Å². The van der Waals surface area contributed by atoms with E-state index in [0.717, 1.165) is 31.2 Å². The first kappa shape index (κ1) is 15.7. The summed E-state index contributed by atoms with van der Waals surface area (Å²) in [5.74, 6) is 0.721. The first-order valence-corrected chi connectivity index (χ1v) is 7.82. The molecule has 1 aliphatic carbocycles. The number of rotatable bonds is 3. The zero-order valence-electron chi connectivity index (χ0n) is 13.4. The molecule has 1 aromatic carbocycles. The van der Waals surface area contributed by atoms with E-state index in [4.69, 9.17) is 15.0 Å². The van der Waals surface area contributed by atoms with Gasteiger partial charge in [0.2, 0.25) is 11.7 Å². The highest BCUT2D eigenvalue weighted by Crippen LogP contribution is 2.38. The standard InChI is InChI=1S/C17H21N3O3/c1-17(18)9-4-3-8-13(17)15-19-14(20-23-15)11-6-5-7-12(10-11)16(21)22-2/h5-7,10,13H,3-4,8-9,18H2,1-2H3. The van der Waals surface area contributed by atoms with Gasteiger partial charge in [-0.05, 0) is 31.9 Å². The minimum atomic E-state index is -0.391. The Balaban J connectivity index is 1.89. The number of carbonyl (C=O) groups excluding carboxylic acids is 1. The van der Waals surface area contributed by atoms with Gasteiger partial charge in [0.05, 0.1) is 18.6 Å². The van der Waals surface area contributed by atoms with E-state index in [1.54, 1.807) is 18.2 Å². The predicted molar refractivity (Wildman–Crippen MR) is 84.9 cm³/mol. The average Bonchev–Trinajstić information content (AvgIpc) is 3.03. The molecule has 6 nitrogen and oxygen atoms in total. The molecular formula is C17H21N3O3. The van der Waals surface area contributed by atoms with Crippen LogP contribution in [0.4, 0.5) is 0 Å². The Hall–Kier alpha value is -2.21. The molecule has 0 spiro atoms. The van der Waals surface area contributed by atoms with Crippen molar-refractivity contribution < 1.29 is 14.1 Å². The average molecular weight is 315 g/mol. The van der Waals surface area contributed by atoms with Crippen molar-refractivity contribution in [2.75, 3.05) is 7.11 Å². The second kappa shape index (κ2) is 6.12. The van der Waals surface area contributed by atoms with Gasteiger partial charge in [-0.25, -0.2) is 4.79 Å². The van der Waals surface area contributed by atoms with Crippen molar-refractivity contribution in [2.45, 2.75) is 44.1 Å². The Kier molecular flexibility index (Phi) is 4.17. The van der Waals surface area contributed by atoms with Gasteiger partial charge in [-0.2, -0.15) is 4.98 Å². The van der Waals surface area contributed by atoms with Crippen LogP contribution in [-0.2, 0) is 4.74 Å². The summed E-state index contributed by atoms with van der Waals surface area (Å²) in [5.41, 5.74) is 7.25. The first-order valence-electron chi connectivity index (χ1n) is 7.82. The number of carbonyl (C=O) groups is 1. The van der Waals surface area contributed by atoms with Crippen molar-refractivity contribution in [2.24, 2.45) is 5.73 Å². The van der Waals surface area contributed by atoms with Crippen LogP contribution in [0.15, 0.2) is 28.8 Å².